The van der Waals surface area contributed by atoms with Crippen molar-refractivity contribution in [3.63, 3.8) is 0 Å². The second-order valence-corrected chi connectivity index (χ2v) is 5.46. The van der Waals surface area contributed by atoms with Gasteiger partial charge in [-0.15, -0.1) is 0 Å². The van der Waals surface area contributed by atoms with Crippen molar-refractivity contribution in [3.05, 3.63) is 28.8 Å². The molecule has 2 rings (SSSR count). The molecule has 5 heteroatoms. The molecule has 1 aromatic carbocycles. The van der Waals surface area contributed by atoms with Crippen molar-refractivity contribution in [2.24, 2.45) is 0 Å². The van der Waals surface area contributed by atoms with Crippen molar-refractivity contribution in [2.45, 2.75) is 45.1 Å². The molecule has 1 saturated carbocycles. The lowest BCUT2D eigenvalue weighted by molar-refractivity contribution is -0.115. The summed E-state index contributed by atoms with van der Waals surface area (Å²) in [6.45, 7) is 1.76. The summed E-state index contributed by atoms with van der Waals surface area (Å²) in [4.78, 5) is 23.6. The molecule has 0 heterocycles. The Bertz CT molecular complexity index is 511. The van der Waals surface area contributed by atoms with Gasteiger partial charge >= 0.3 is 0 Å². The smallest absolute Gasteiger partial charge is 0.251 e. The Kier molecular flexibility index (Phi) is 5.01. The zero-order chi connectivity index (χ0) is 14.5. The van der Waals surface area contributed by atoms with E-state index in [9.17, 15) is 9.59 Å². The molecule has 0 aromatic heterocycles. The lowest BCUT2D eigenvalue weighted by Gasteiger charge is -2.13. The summed E-state index contributed by atoms with van der Waals surface area (Å²) >= 11 is 6.03. The van der Waals surface area contributed by atoms with Crippen LogP contribution in [0.5, 0.6) is 0 Å². The topological polar surface area (TPSA) is 58.2 Å². The van der Waals surface area contributed by atoms with Gasteiger partial charge in [-0.2, -0.15) is 0 Å². The third kappa shape index (κ3) is 3.73. The number of anilines is 1. The number of hydrogen-bond donors (Lipinski definition) is 2. The fraction of sp³-hybridized carbons (Fsp3) is 0.467. The lowest BCUT2D eigenvalue weighted by Crippen LogP contribution is -2.32. The zero-order valence-electron chi connectivity index (χ0n) is 11.5. The molecule has 20 heavy (non-hydrogen) atoms. The molecule has 0 atom stereocenters. The van der Waals surface area contributed by atoms with Gasteiger partial charge in [0.1, 0.15) is 0 Å². The van der Waals surface area contributed by atoms with E-state index in [1.54, 1.807) is 25.1 Å². The van der Waals surface area contributed by atoms with Crippen LogP contribution in [0.1, 0.15) is 49.4 Å². The minimum Gasteiger partial charge on any atom is -0.349 e. The molecular formula is C15H19ClN2O2. The molecule has 2 amide bonds. The first-order chi connectivity index (χ1) is 9.60. The number of carbonyl (C=O) groups excluding carboxylic acids is 2. The molecule has 108 valence electrons. The van der Waals surface area contributed by atoms with Crippen LogP contribution in [0.15, 0.2) is 18.2 Å². The molecule has 0 aliphatic heterocycles. The molecule has 0 saturated heterocycles. The van der Waals surface area contributed by atoms with Crippen LogP contribution in [0.25, 0.3) is 0 Å². The average molecular weight is 295 g/mol. The molecule has 0 radical (unpaired) electrons. The zero-order valence-corrected chi connectivity index (χ0v) is 12.3. The van der Waals surface area contributed by atoms with Gasteiger partial charge in [0.05, 0.1) is 10.7 Å². The van der Waals surface area contributed by atoms with Gasteiger partial charge in [0.2, 0.25) is 5.91 Å². The Hall–Kier alpha value is -1.55. The van der Waals surface area contributed by atoms with Gasteiger partial charge < -0.3 is 10.6 Å². The van der Waals surface area contributed by atoms with Crippen molar-refractivity contribution in [1.82, 2.24) is 5.32 Å². The van der Waals surface area contributed by atoms with Crippen molar-refractivity contribution in [1.29, 1.82) is 0 Å². The van der Waals surface area contributed by atoms with E-state index in [-0.39, 0.29) is 17.9 Å². The SMILES string of the molecule is CCC(=O)Nc1cc(C(=O)NC2CCCC2)ccc1Cl. The molecule has 0 spiro atoms. The summed E-state index contributed by atoms with van der Waals surface area (Å²) < 4.78 is 0. The summed E-state index contributed by atoms with van der Waals surface area (Å²) in [6, 6.07) is 5.21. The van der Waals surface area contributed by atoms with E-state index in [0.29, 0.717) is 22.7 Å². The van der Waals surface area contributed by atoms with Crippen LogP contribution in [0, 0.1) is 0 Å². The number of amides is 2. The molecule has 2 N–H and O–H groups in total. The van der Waals surface area contributed by atoms with Crippen LogP contribution in [0.4, 0.5) is 5.69 Å². The van der Waals surface area contributed by atoms with E-state index in [1.165, 1.54) is 12.8 Å². The highest BCUT2D eigenvalue weighted by molar-refractivity contribution is 6.33. The standard InChI is InChI=1S/C15H19ClN2O2/c1-2-14(19)18-13-9-10(7-8-12(13)16)15(20)17-11-5-3-4-6-11/h7-9,11H,2-6H2,1H3,(H,17,20)(H,18,19). The first-order valence-electron chi connectivity index (χ1n) is 7.00. The summed E-state index contributed by atoms with van der Waals surface area (Å²) in [5.74, 6) is -0.235. The molecular weight excluding hydrogens is 276 g/mol. The summed E-state index contributed by atoms with van der Waals surface area (Å²) in [5.41, 5.74) is 1.00. The highest BCUT2D eigenvalue weighted by Crippen LogP contribution is 2.24. The van der Waals surface area contributed by atoms with E-state index >= 15 is 0 Å². The number of nitrogens with one attached hydrogen (secondary N) is 2. The first kappa shape index (κ1) is 14.9. The van der Waals surface area contributed by atoms with E-state index in [4.69, 9.17) is 11.6 Å². The Morgan fingerprint density at radius 1 is 1.30 bits per heavy atom. The second kappa shape index (κ2) is 6.75. The van der Waals surface area contributed by atoms with Crippen LogP contribution in [-0.2, 0) is 4.79 Å². The second-order valence-electron chi connectivity index (χ2n) is 5.05. The van der Waals surface area contributed by atoms with Crippen molar-refractivity contribution in [3.8, 4) is 0 Å². The van der Waals surface area contributed by atoms with Gasteiger partial charge in [-0.25, -0.2) is 0 Å². The third-order valence-corrected chi connectivity index (χ3v) is 3.84. The Balaban J connectivity index is 2.09. The predicted octanol–water partition coefficient (Wildman–Crippen LogP) is 3.36. The molecule has 1 aliphatic rings. The number of carbonyl (C=O) groups is 2. The van der Waals surface area contributed by atoms with Crippen LogP contribution < -0.4 is 10.6 Å². The Morgan fingerprint density at radius 2 is 2.00 bits per heavy atom. The maximum absolute atomic E-state index is 12.2. The maximum atomic E-state index is 12.2. The number of rotatable bonds is 4. The van der Waals surface area contributed by atoms with E-state index < -0.39 is 0 Å². The summed E-state index contributed by atoms with van der Waals surface area (Å²) in [5, 5.41) is 6.15. The van der Waals surface area contributed by atoms with Crippen LogP contribution in [0.2, 0.25) is 5.02 Å². The highest BCUT2D eigenvalue weighted by atomic mass is 35.5. The molecule has 1 aliphatic carbocycles. The molecule has 1 fully saturated rings. The van der Waals surface area contributed by atoms with Gasteiger partial charge in [0.15, 0.2) is 0 Å². The molecule has 0 bridgehead atoms. The van der Waals surface area contributed by atoms with Crippen molar-refractivity contribution < 1.29 is 9.59 Å². The Morgan fingerprint density at radius 3 is 2.65 bits per heavy atom. The van der Waals surface area contributed by atoms with Gasteiger partial charge in [-0.05, 0) is 31.0 Å². The lowest BCUT2D eigenvalue weighted by atomic mass is 10.1. The predicted molar refractivity (Wildman–Crippen MR) is 80.1 cm³/mol. The fourth-order valence-electron chi connectivity index (χ4n) is 2.34. The number of halogens is 1. The monoisotopic (exact) mass is 294 g/mol. The number of benzene rings is 1. The summed E-state index contributed by atoms with van der Waals surface area (Å²) in [6.07, 6.45) is 4.79. The highest BCUT2D eigenvalue weighted by Gasteiger charge is 2.18. The van der Waals surface area contributed by atoms with E-state index in [2.05, 4.69) is 10.6 Å². The van der Waals surface area contributed by atoms with Crippen molar-refractivity contribution in [2.75, 3.05) is 5.32 Å². The van der Waals surface area contributed by atoms with Crippen LogP contribution in [-0.4, -0.2) is 17.9 Å². The average Bonchev–Trinajstić information content (AvgIpc) is 2.93. The van der Waals surface area contributed by atoms with Crippen molar-refractivity contribution >= 4 is 29.1 Å². The van der Waals surface area contributed by atoms with Crippen LogP contribution >= 0.6 is 11.6 Å². The Labute approximate surface area is 123 Å². The van der Waals surface area contributed by atoms with Gasteiger partial charge in [-0.3, -0.25) is 9.59 Å². The quantitative estimate of drug-likeness (QED) is 0.894. The third-order valence-electron chi connectivity index (χ3n) is 3.51. The summed E-state index contributed by atoms with van der Waals surface area (Å²) in [7, 11) is 0. The van der Waals surface area contributed by atoms with E-state index in [0.717, 1.165) is 12.8 Å². The molecule has 0 unspecified atom stereocenters. The van der Waals surface area contributed by atoms with Gasteiger partial charge in [-0.1, -0.05) is 31.4 Å². The molecule has 1 aromatic rings. The maximum Gasteiger partial charge on any atom is 0.251 e. The van der Waals surface area contributed by atoms with Gasteiger partial charge in [0.25, 0.3) is 5.91 Å². The fourth-order valence-corrected chi connectivity index (χ4v) is 2.50. The number of hydrogen-bond acceptors (Lipinski definition) is 2. The van der Waals surface area contributed by atoms with Crippen LogP contribution in [0.3, 0.4) is 0 Å². The normalized spacial score (nSPS) is 15.1. The minimum absolute atomic E-state index is 0.111. The first-order valence-corrected chi connectivity index (χ1v) is 7.38. The molecule has 4 nitrogen and oxygen atoms in total. The largest absolute Gasteiger partial charge is 0.349 e. The van der Waals surface area contributed by atoms with E-state index in [1.807, 2.05) is 0 Å². The minimum atomic E-state index is -0.125. The van der Waals surface area contributed by atoms with Gasteiger partial charge in [0, 0.05) is 18.0 Å².